The third kappa shape index (κ3) is 4.78. The van der Waals surface area contributed by atoms with Crippen LogP contribution < -0.4 is 10.6 Å². The number of nitrogens with zero attached hydrogens (tertiary/aromatic N) is 1. The minimum absolute atomic E-state index is 0.170. The third-order valence-corrected chi connectivity index (χ3v) is 2.17. The molecule has 0 saturated carbocycles. The molecule has 1 rings (SSSR count). The van der Waals surface area contributed by atoms with E-state index in [9.17, 15) is 14.4 Å². The molecule has 0 heterocycles. The molecule has 1 aromatic rings. The summed E-state index contributed by atoms with van der Waals surface area (Å²) in [5, 5.41) is 5.02. The average Bonchev–Trinajstić information content (AvgIpc) is 2.36. The van der Waals surface area contributed by atoms with Crippen LogP contribution in [0.5, 0.6) is 0 Å². The second kappa shape index (κ2) is 7.21. The van der Waals surface area contributed by atoms with Gasteiger partial charge in [-0.3, -0.25) is 4.79 Å². The summed E-state index contributed by atoms with van der Waals surface area (Å²) in [5.74, 6) is -0.272. The first kappa shape index (κ1) is 13.9. The summed E-state index contributed by atoms with van der Waals surface area (Å²) in [5.41, 5.74) is 0.411. The lowest BCUT2D eigenvalue weighted by Gasteiger charge is -2.05. The van der Waals surface area contributed by atoms with Gasteiger partial charge in [-0.2, -0.15) is 4.99 Å². The lowest BCUT2D eigenvalue weighted by Crippen LogP contribution is -2.38. The first-order chi connectivity index (χ1) is 8.63. The number of carbonyl (C=O) groups is 2. The van der Waals surface area contributed by atoms with Gasteiger partial charge < -0.3 is 10.6 Å². The van der Waals surface area contributed by atoms with E-state index >= 15 is 0 Å². The Morgan fingerprint density at radius 2 is 2.11 bits per heavy atom. The zero-order chi connectivity index (χ0) is 13.4. The summed E-state index contributed by atoms with van der Waals surface area (Å²) in [6, 6.07) is 5.82. The Morgan fingerprint density at radius 1 is 1.33 bits per heavy atom. The first-order valence-electron chi connectivity index (χ1n) is 4.97. The van der Waals surface area contributed by atoms with Crippen molar-refractivity contribution in [1.82, 2.24) is 10.6 Å². The number of ketones is 1. The smallest absolute Gasteiger partial charge is 0.316 e. The van der Waals surface area contributed by atoms with Gasteiger partial charge in [-0.1, -0.05) is 23.7 Å². The summed E-state index contributed by atoms with van der Waals surface area (Å²) in [6.07, 6.45) is 1.27. The van der Waals surface area contributed by atoms with Crippen molar-refractivity contribution < 1.29 is 14.4 Å². The Labute approximate surface area is 108 Å². The van der Waals surface area contributed by atoms with Crippen LogP contribution in [-0.2, 0) is 4.79 Å². The van der Waals surface area contributed by atoms with Crippen molar-refractivity contribution in [3.8, 4) is 0 Å². The van der Waals surface area contributed by atoms with Gasteiger partial charge in [0.2, 0.25) is 6.08 Å². The van der Waals surface area contributed by atoms with E-state index in [2.05, 4.69) is 15.6 Å². The summed E-state index contributed by atoms with van der Waals surface area (Å²) in [4.78, 5) is 35.6. The van der Waals surface area contributed by atoms with E-state index in [0.29, 0.717) is 10.6 Å². The monoisotopic (exact) mass is 267 g/mol. The van der Waals surface area contributed by atoms with Gasteiger partial charge in [-0.15, -0.1) is 0 Å². The molecule has 0 atom stereocenters. The molecule has 0 aliphatic rings. The molecule has 0 saturated heterocycles. The predicted molar refractivity (Wildman–Crippen MR) is 65.3 cm³/mol. The average molecular weight is 268 g/mol. The maximum Gasteiger partial charge on any atom is 0.316 e. The van der Waals surface area contributed by atoms with Crippen molar-refractivity contribution in [2.45, 2.75) is 0 Å². The van der Waals surface area contributed by atoms with E-state index in [1.165, 1.54) is 12.1 Å². The van der Waals surface area contributed by atoms with Crippen LogP contribution in [0, 0.1) is 0 Å². The zero-order valence-electron chi connectivity index (χ0n) is 9.27. The summed E-state index contributed by atoms with van der Waals surface area (Å²) in [6.45, 7) is -0.350. The summed E-state index contributed by atoms with van der Waals surface area (Å²) < 4.78 is 0. The Morgan fingerprint density at radius 3 is 2.78 bits per heavy atom. The van der Waals surface area contributed by atoms with E-state index in [-0.39, 0.29) is 19.0 Å². The molecule has 6 nitrogen and oxygen atoms in total. The van der Waals surface area contributed by atoms with Gasteiger partial charge in [0, 0.05) is 10.6 Å². The van der Waals surface area contributed by atoms with E-state index in [4.69, 9.17) is 11.6 Å². The predicted octanol–water partition coefficient (Wildman–Crippen LogP) is 1.12. The number of isocyanates is 1. The number of nitrogens with one attached hydrogen (secondary N) is 2. The number of Topliss-reactive ketones (excluding diaryl/α,β-unsaturated/α-hetero) is 1. The molecule has 0 aliphatic carbocycles. The van der Waals surface area contributed by atoms with Gasteiger partial charge in [0.05, 0.1) is 6.54 Å². The van der Waals surface area contributed by atoms with Gasteiger partial charge in [0.25, 0.3) is 0 Å². The fourth-order valence-corrected chi connectivity index (χ4v) is 1.32. The van der Waals surface area contributed by atoms with Crippen LogP contribution in [0.15, 0.2) is 29.3 Å². The van der Waals surface area contributed by atoms with Crippen LogP contribution in [-0.4, -0.2) is 31.1 Å². The Balaban J connectivity index is 2.41. The number of halogens is 1. The molecule has 0 unspecified atom stereocenters. The molecular weight excluding hydrogens is 258 g/mol. The minimum Gasteiger partial charge on any atom is -0.331 e. The maximum absolute atomic E-state index is 11.6. The standard InChI is InChI=1S/C11H10ClN3O3/c12-9-3-1-2-8(4-9)10(17)5-14-11(18)15-6-13-7-16/h1-4H,5-6H2,(H2,14,15,18). The highest BCUT2D eigenvalue weighted by molar-refractivity contribution is 6.31. The second-order valence-electron chi connectivity index (χ2n) is 3.20. The van der Waals surface area contributed by atoms with Crippen molar-refractivity contribution in [2.24, 2.45) is 4.99 Å². The number of hydrogen-bond acceptors (Lipinski definition) is 4. The molecule has 0 aliphatic heterocycles. The maximum atomic E-state index is 11.6. The number of aliphatic imine (C=N–C) groups is 1. The largest absolute Gasteiger partial charge is 0.331 e. The topological polar surface area (TPSA) is 87.6 Å². The SMILES string of the molecule is O=C=NCNC(=O)NCC(=O)c1cccc(Cl)c1. The summed E-state index contributed by atoms with van der Waals surface area (Å²) >= 11 is 5.74. The van der Waals surface area contributed by atoms with Gasteiger partial charge in [0.15, 0.2) is 5.78 Å². The summed E-state index contributed by atoms with van der Waals surface area (Å²) in [7, 11) is 0. The number of amides is 2. The Kier molecular flexibility index (Phi) is 5.57. The Hall–Kier alpha value is -2.17. The van der Waals surface area contributed by atoms with Crippen molar-refractivity contribution in [3.63, 3.8) is 0 Å². The lowest BCUT2D eigenvalue weighted by atomic mass is 10.1. The molecule has 7 heteroatoms. The van der Waals surface area contributed by atoms with Crippen LogP contribution in [0.3, 0.4) is 0 Å². The molecule has 0 fully saturated rings. The van der Waals surface area contributed by atoms with Gasteiger partial charge in [-0.25, -0.2) is 9.59 Å². The normalized spacial score (nSPS) is 9.17. The second-order valence-corrected chi connectivity index (χ2v) is 3.64. The first-order valence-corrected chi connectivity index (χ1v) is 5.35. The van der Waals surface area contributed by atoms with E-state index in [1.807, 2.05) is 0 Å². The van der Waals surface area contributed by atoms with Crippen LogP contribution >= 0.6 is 11.6 Å². The number of hydrogen-bond donors (Lipinski definition) is 2. The number of carbonyl (C=O) groups excluding carboxylic acids is 3. The van der Waals surface area contributed by atoms with Crippen molar-refractivity contribution in [1.29, 1.82) is 0 Å². The number of rotatable bonds is 5. The van der Waals surface area contributed by atoms with Crippen molar-refractivity contribution >= 4 is 29.5 Å². The van der Waals surface area contributed by atoms with Crippen molar-refractivity contribution in [2.75, 3.05) is 13.2 Å². The molecular formula is C11H10ClN3O3. The highest BCUT2D eigenvalue weighted by Gasteiger charge is 2.07. The van der Waals surface area contributed by atoms with Crippen LogP contribution in [0.4, 0.5) is 4.79 Å². The van der Waals surface area contributed by atoms with E-state index in [0.717, 1.165) is 0 Å². The lowest BCUT2D eigenvalue weighted by molar-refractivity contribution is 0.0992. The van der Waals surface area contributed by atoms with Gasteiger partial charge in [0.1, 0.15) is 6.67 Å². The van der Waals surface area contributed by atoms with Crippen LogP contribution in [0.2, 0.25) is 5.02 Å². The van der Waals surface area contributed by atoms with Crippen LogP contribution in [0.1, 0.15) is 10.4 Å². The number of benzene rings is 1. The van der Waals surface area contributed by atoms with Crippen molar-refractivity contribution in [3.05, 3.63) is 34.9 Å². The zero-order valence-corrected chi connectivity index (χ0v) is 10.0. The van der Waals surface area contributed by atoms with Gasteiger partial charge in [-0.05, 0) is 12.1 Å². The highest BCUT2D eigenvalue weighted by Crippen LogP contribution is 2.10. The molecule has 2 N–H and O–H groups in total. The molecule has 2 amide bonds. The minimum atomic E-state index is -0.593. The molecule has 1 aromatic carbocycles. The molecule has 0 spiro atoms. The molecule has 0 radical (unpaired) electrons. The Bertz CT molecular complexity index is 498. The third-order valence-electron chi connectivity index (χ3n) is 1.94. The van der Waals surface area contributed by atoms with E-state index in [1.54, 1.807) is 18.2 Å². The highest BCUT2D eigenvalue weighted by atomic mass is 35.5. The molecule has 18 heavy (non-hydrogen) atoms. The quantitative estimate of drug-likeness (QED) is 0.476. The molecule has 0 aromatic heterocycles. The number of urea groups is 1. The van der Waals surface area contributed by atoms with E-state index < -0.39 is 6.03 Å². The van der Waals surface area contributed by atoms with Gasteiger partial charge >= 0.3 is 6.03 Å². The van der Waals surface area contributed by atoms with Crippen LogP contribution in [0.25, 0.3) is 0 Å². The molecule has 94 valence electrons. The molecule has 0 bridgehead atoms. The fourth-order valence-electron chi connectivity index (χ4n) is 1.13. The fraction of sp³-hybridized carbons (Fsp3) is 0.182.